The van der Waals surface area contributed by atoms with E-state index in [2.05, 4.69) is 22.2 Å². The van der Waals surface area contributed by atoms with Gasteiger partial charge >= 0.3 is 0 Å². The quantitative estimate of drug-likeness (QED) is 0.653. The second-order valence-electron chi connectivity index (χ2n) is 3.84. The number of anilines is 1. The first-order valence-corrected chi connectivity index (χ1v) is 5.91. The van der Waals surface area contributed by atoms with Crippen molar-refractivity contribution in [2.45, 2.75) is 32.2 Å². The summed E-state index contributed by atoms with van der Waals surface area (Å²) in [4.78, 5) is 7.90. The SMILES string of the molecule is CCC(Nc1cc(Cl)nc(Cl)n1)C1CC1. The van der Waals surface area contributed by atoms with Crippen molar-refractivity contribution in [3.8, 4) is 0 Å². The molecule has 0 bridgehead atoms. The predicted molar refractivity (Wildman–Crippen MR) is 62.5 cm³/mol. The lowest BCUT2D eigenvalue weighted by atomic mass is 10.1. The number of hydrogen-bond acceptors (Lipinski definition) is 3. The van der Waals surface area contributed by atoms with Crippen LogP contribution in [0.4, 0.5) is 5.82 Å². The van der Waals surface area contributed by atoms with E-state index in [1.807, 2.05) is 0 Å². The fraction of sp³-hybridized carbons (Fsp3) is 0.600. The van der Waals surface area contributed by atoms with E-state index in [4.69, 9.17) is 23.2 Å². The van der Waals surface area contributed by atoms with Gasteiger partial charge in [-0.2, -0.15) is 0 Å². The molecule has 1 aliphatic carbocycles. The fourth-order valence-corrected chi connectivity index (χ4v) is 2.11. The van der Waals surface area contributed by atoms with Gasteiger partial charge < -0.3 is 5.32 Å². The molecular weight excluding hydrogens is 233 g/mol. The summed E-state index contributed by atoms with van der Waals surface area (Å²) >= 11 is 11.5. The van der Waals surface area contributed by atoms with E-state index in [-0.39, 0.29) is 5.28 Å². The normalized spacial score (nSPS) is 17.5. The van der Waals surface area contributed by atoms with Crippen molar-refractivity contribution in [1.29, 1.82) is 0 Å². The third kappa shape index (κ3) is 2.95. The van der Waals surface area contributed by atoms with Crippen molar-refractivity contribution < 1.29 is 0 Å². The van der Waals surface area contributed by atoms with Crippen LogP contribution in [0.2, 0.25) is 10.4 Å². The third-order valence-corrected chi connectivity index (χ3v) is 2.99. The van der Waals surface area contributed by atoms with E-state index >= 15 is 0 Å². The molecule has 82 valence electrons. The Labute approximate surface area is 99.2 Å². The zero-order chi connectivity index (χ0) is 10.8. The molecule has 1 aromatic rings. The van der Waals surface area contributed by atoms with Gasteiger partial charge in [0, 0.05) is 12.1 Å². The van der Waals surface area contributed by atoms with Gasteiger partial charge in [-0.1, -0.05) is 18.5 Å². The van der Waals surface area contributed by atoms with Crippen LogP contribution in [-0.4, -0.2) is 16.0 Å². The fourth-order valence-electron chi connectivity index (χ4n) is 1.71. The van der Waals surface area contributed by atoms with Crippen LogP contribution in [0, 0.1) is 5.92 Å². The van der Waals surface area contributed by atoms with Crippen LogP contribution in [0.3, 0.4) is 0 Å². The van der Waals surface area contributed by atoms with Crippen molar-refractivity contribution >= 4 is 29.0 Å². The van der Waals surface area contributed by atoms with Gasteiger partial charge in [0.1, 0.15) is 11.0 Å². The molecule has 2 rings (SSSR count). The Morgan fingerprint density at radius 1 is 1.47 bits per heavy atom. The average molecular weight is 246 g/mol. The highest BCUT2D eigenvalue weighted by Crippen LogP contribution is 2.35. The largest absolute Gasteiger partial charge is 0.367 e. The molecule has 1 heterocycles. The summed E-state index contributed by atoms with van der Waals surface area (Å²) in [6, 6.07) is 2.19. The van der Waals surface area contributed by atoms with E-state index in [0.717, 1.165) is 18.2 Å². The van der Waals surface area contributed by atoms with Crippen LogP contribution < -0.4 is 5.32 Å². The summed E-state index contributed by atoms with van der Waals surface area (Å²) in [5, 5.41) is 3.92. The highest BCUT2D eigenvalue weighted by Gasteiger charge is 2.30. The molecule has 0 aliphatic heterocycles. The number of aromatic nitrogens is 2. The van der Waals surface area contributed by atoms with E-state index in [1.54, 1.807) is 6.07 Å². The van der Waals surface area contributed by atoms with Crippen LogP contribution in [0.25, 0.3) is 0 Å². The minimum atomic E-state index is 0.190. The highest BCUT2D eigenvalue weighted by atomic mass is 35.5. The summed E-state index contributed by atoms with van der Waals surface area (Å²) in [6.07, 6.45) is 3.69. The Hall–Kier alpha value is -0.540. The first-order valence-electron chi connectivity index (χ1n) is 5.15. The van der Waals surface area contributed by atoms with E-state index in [1.165, 1.54) is 12.8 Å². The lowest BCUT2D eigenvalue weighted by Gasteiger charge is -2.16. The van der Waals surface area contributed by atoms with Crippen molar-refractivity contribution in [1.82, 2.24) is 9.97 Å². The molecule has 0 spiro atoms. The minimum absolute atomic E-state index is 0.190. The van der Waals surface area contributed by atoms with Gasteiger partial charge in [0.25, 0.3) is 0 Å². The molecule has 1 atom stereocenters. The second-order valence-corrected chi connectivity index (χ2v) is 4.57. The van der Waals surface area contributed by atoms with Crippen LogP contribution in [0.15, 0.2) is 6.07 Å². The van der Waals surface area contributed by atoms with Crippen LogP contribution in [0.1, 0.15) is 26.2 Å². The zero-order valence-electron chi connectivity index (χ0n) is 8.50. The lowest BCUT2D eigenvalue weighted by molar-refractivity contribution is 0.614. The first kappa shape index (κ1) is 11.0. The maximum Gasteiger partial charge on any atom is 0.225 e. The Balaban J connectivity index is 2.08. The third-order valence-electron chi connectivity index (χ3n) is 2.63. The van der Waals surface area contributed by atoms with E-state index in [9.17, 15) is 0 Å². The van der Waals surface area contributed by atoms with Crippen molar-refractivity contribution in [3.63, 3.8) is 0 Å². The summed E-state index contributed by atoms with van der Waals surface area (Å²) in [5.74, 6) is 1.50. The standard InChI is InChI=1S/C10H13Cl2N3/c1-2-7(6-3-4-6)13-9-5-8(11)14-10(12)15-9/h5-7H,2-4H2,1H3,(H,13,14,15). The van der Waals surface area contributed by atoms with Crippen molar-refractivity contribution in [3.05, 3.63) is 16.5 Å². The van der Waals surface area contributed by atoms with Gasteiger partial charge in [-0.25, -0.2) is 9.97 Å². The summed E-state index contributed by atoms with van der Waals surface area (Å²) in [6.45, 7) is 2.17. The number of rotatable bonds is 4. The van der Waals surface area contributed by atoms with E-state index in [0.29, 0.717) is 11.2 Å². The topological polar surface area (TPSA) is 37.8 Å². The summed E-state index contributed by atoms with van der Waals surface area (Å²) in [5.41, 5.74) is 0. The van der Waals surface area contributed by atoms with Gasteiger partial charge in [0.15, 0.2) is 0 Å². The first-order chi connectivity index (χ1) is 7.19. The molecule has 0 amide bonds. The molecule has 1 fully saturated rings. The molecular formula is C10H13Cl2N3. The molecule has 15 heavy (non-hydrogen) atoms. The van der Waals surface area contributed by atoms with Crippen LogP contribution >= 0.6 is 23.2 Å². The Bertz CT molecular complexity index is 332. The minimum Gasteiger partial charge on any atom is -0.367 e. The Kier molecular flexibility index (Phi) is 3.32. The van der Waals surface area contributed by atoms with Gasteiger partial charge in [-0.3, -0.25) is 0 Å². The molecule has 1 unspecified atom stereocenters. The number of hydrogen-bond donors (Lipinski definition) is 1. The molecule has 3 nitrogen and oxygen atoms in total. The summed E-state index contributed by atoms with van der Waals surface area (Å²) < 4.78 is 0. The molecule has 5 heteroatoms. The van der Waals surface area contributed by atoms with Crippen LogP contribution in [-0.2, 0) is 0 Å². The Morgan fingerprint density at radius 3 is 2.73 bits per heavy atom. The molecule has 1 aromatic heterocycles. The molecule has 1 saturated carbocycles. The number of halogens is 2. The maximum atomic E-state index is 5.80. The lowest BCUT2D eigenvalue weighted by Crippen LogP contribution is -2.21. The maximum absolute atomic E-state index is 5.80. The van der Waals surface area contributed by atoms with E-state index < -0.39 is 0 Å². The monoisotopic (exact) mass is 245 g/mol. The predicted octanol–water partition coefficient (Wildman–Crippen LogP) is 3.38. The number of nitrogens with zero attached hydrogens (tertiary/aromatic N) is 2. The number of nitrogens with one attached hydrogen (secondary N) is 1. The van der Waals surface area contributed by atoms with Gasteiger partial charge in [0.2, 0.25) is 5.28 Å². The molecule has 1 N–H and O–H groups in total. The zero-order valence-corrected chi connectivity index (χ0v) is 10.0. The second kappa shape index (κ2) is 4.54. The molecule has 0 radical (unpaired) electrons. The Morgan fingerprint density at radius 2 is 2.20 bits per heavy atom. The molecule has 0 saturated heterocycles. The average Bonchev–Trinajstić information content (AvgIpc) is 2.95. The van der Waals surface area contributed by atoms with Crippen LogP contribution in [0.5, 0.6) is 0 Å². The smallest absolute Gasteiger partial charge is 0.225 e. The van der Waals surface area contributed by atoms with Gasteiger partial charge in [0.05, 0.1) is 0 Å². The van der Waals surface area contributed by atoms with Crippen molar-refractivity contribution in [2.24, 2.45) is 5.92 Å². The van der Waals surface area contributed by atoms with Crippen molar-refractivity contribution in [2.75, 3.05) is 5.32 Å². The highest BCUT2D eigenvalue weighted by molar-refractivity contribution is 6.32. The molecule has 0 aromatic carbocycles. The van der Waals surface area contributed by atoms with Gasteiger partial charge in [-0.05, 0) is 36.8 Å². The molecule has 1 aliphatic rings. The van der Waals surface area contributed by atoms with Gasteiger partial charge in [-0.15, -0.1) is 0 Å². The summed E-state index contributed by atoms with van der Waals surface area (Å²) in [7, 11) is 0.